The van der Waals surface area contributed by atoms with Crippen LogP contribution in [-0.2, 0) is 0 Å². The van der Waals surface area contributed by atoms with E-state index in [9.17, 15) is 0 Å². The average molecular weight is 428 g/mol. The Morgan fingerprint density at radius 1 is 0.625 bits per heavy atom. The van der Waals surface area contributed by atoms with E-state index in [-0.39, 0.29) is 0 Å². The van der Waals surface area contributed by atoms with Crippen molar-refractivity contribution in [2.75, 3.05) is 0 Å². The van der Waals surface area contributed by atoms with E-state index in [0.717, 1.165) is 0 Å². The molecule has 0 N–H and O–H groups in total. The summed E-state index contributed by atoms with van der Waals surface area (Å²) >= 11 is -0.800. The second kappa shape index (κ2) is 5.64. The summed E-state index contributed by atoms with van der Waals surface area (Å²) in [6, 6.07) is 9.61. The molecule has 1 aromatic carbocycles. The van der Waals surface area contributed by atoms with Gasteiger partial charge in [0.05, 0.1) is 0 Å². The Labute approximate surface area is 121 Å². The van der Waals surface area contributed by atoms with E-state index < -0.39 is 42.3 Å². The molecule has 1 aromatic rings. The number of hydrogen-bond acceptors (Lipinski definition) is 0. The predicted octanol–water partition coefficient (Wildman–Crippen LogP) is 2.78. The molecule has 86 valence electrons. The zero-order valence-corrected chi connectivity index (χ0v) is 17.0. The molecule has 0 aliphatic rings. The van der Waals surface area contributed by atoms with Crippen molar-refractivity contribution in [1.29, 1.82) is 0 Å². The van der Waals surface area contributed by atoms with Gasteiger partial charge in [0.1, 0.15) is 0 Å². The summed E-state index contributed by atoms with van der Waals surface area (Å²) in [7, 11) is 0. The fourth-order valence-electron chi connectivity index (χ4n) is 1.50. The summed E-state index contributed by atoms with van der Waals surface area (Å²) in [5, 5.41) is 0. The van der Waals surface area contributed by atoms with E-state index in [1.165, 1.54) is 0 Å². The van der Waals surface area contributed by atoms with Crippen LogP contribution in [-0.4, -0.2) is 42.3 Å². The van der Waals surface area contributed by atoms with Gasteiger partial charge in [-0.05, 0) is 0 Å². The molecule has 0 aliphatic heterocycles. The van der Waals surface area contributed by atoms with Crippen LogP contribution >= 0.6 is 0 Å². The van der Waals surface area contributed by atoms with E-state index in [4.69, 9.17) is 0 Å². The molecule has 1 rings (SSSR count). The summed E-state index contributed by atoms with van der Waals surface area (Å²) in [5.74, 6) is 0. The van der Waals surface area contributed by atoms with Gasteiger partial charge in [-0.3, -0.25) is 0 Å². The molecule has 0 saturated heterocycles. The van der Waals surface area contributed by atoms with Gasteiger partial charge in [-0.2, -0.15) is 0 Å². The molecule has 0 heterocycles. The van der Waals surface area contributed by atoms with Gasteiger partial charge < -0.3 is 0 Å². The van der Waals surface area contributed by atoms with Crippen molar-refractivity contribution < 1.29 is 0 Å². The monoisotopic (exact) mass is 430 g/mol. The van der Waals surface area contributed by atoms with E-state index in [1.54, 1.807) is 7.16 Å². The molecule has 0 fully saturated rings. The van der Waals surface area contributed by atoms with Crippen LogP contribution in [0.5, 0.6) is 0 Å². The molecule has 0 unspecified atom stereocenters. The summed E-state index contributed by atoms with van der Waals surface area (Å²) in [6.45, 7) is 14.2. The molecule has 4 radical (unpaired) electrons. The van der Waals surface area contributed by atoms with Crippen molar-refractivity contribution in [3.05, 3.63) is 24.3 Å². The van der Waals surface area contributed by atoms with Gasteiger partial charge in [0.25, 0.3) is 0 Å². The predicted molar refractivity (Wildman–Crippen MR) is 76.6 cm³/mol. The fourth-order valence-corrected chi connectivity index (χ4v) is 8.35. The standard InChI is InChI=1S/C6H4.2C4H9.2Sn/c1-2-4-6-5-3-1;2*1-4(2)3;;/h1-2,5-6H;2*1-3H3;;. The normalized spacial score (nSPS) is 12.9. The first-order chi connectivity index (χ1) is 7.16. The topological polar surface area (TPSA) is 0 Å². The van der Waals surface area contributed by atoms with Gasteiger partial charge in [-0.15, -0.1) is 0 Å². The Morgan fingerprint density at radius 2 is 0.875 bits per heavy atom. The van der Waals surface area contributed by atoms with Gasteiger partial charge in [-0.25, -0.2) is 0 Å². The molecule has 2 heteroatoms. The SMILES string of the molecule is C[C](C)(C)[Sn][c]1cc[c]([Sn][C](C)(C)C)cc1. The van der Waals surface area contributed by atoms with Crippen LogP contribution in [0.1, 0.15) is 41.5 Å². The molecule has 0 aliphatic carbocycles. The van der Waals surface area contributed by atoms with E-state index >= 15 is 0 Å². The molecule has 0 atom stereocenters. The molecule has 0 nitrogen and oxygen atoms in total. The van der Waals surface area contributed by atoms with Crippen molar-refractivity contribution in [1.82, 2.24) is 0 Å². The number of benzene rings is 1. The van der Waals surface area contributed by atoms with Crippen molar-refractivity contribution >= 4 is 49.4 Å². The number of rotatable bonds is 2. The van der Waals surface area contributed by atoms with Crippen molar-refractivity contribution in [3.63, 3.8) is 0 Å². The van der Waals surface area contributed by atoms with Crippen LogP contribution in [0.4, 0.5) is 0 Å². The van der Waals surface area contributed by atoms with Crippen LogP contribution in [0.15, 0.2) is 24.3 Å². The van der Waals surface area contributed by atoms with Crippen LogP contribution in [0.25, 0.3) is 0 Å². The second-order valence-corrected chi connectivity index (χ2v) is 19.6. The fraction of sp³-hybridized carbons (Fsp3) is 0.571. The van der Waals surface area contributed by atoms with Gasteiger partial charge in [-0.1, -0.05) is 0 Å². The van der Waals surface area contributed by atoms with Crippen molar-refractivity contribution in [2.24, 2.45) is 0 Å². The molecular weight excluding hydrogens is 406 g/mol. The van der Waals surface area contributed by atoms with E-state index in [2.05, 4.69) is 65.8 Å². The van der Waals surface area contributed by atoms with Crippen LogP contribution in [0, 0.1) is 0 Å². The third-order valence-corrected chi connectivity index (χ3v) is 9.76. The minimum atomic E-state index is -0.400. The molecule has 0 amide bonds. The first-order valence-electron chi connectivity index (χ1n) is 5.82. The van der Waals surface area contributed by atoms with Crippen molar-refractivity contribution in [2.45, 2.75) is 48.4 Å². The number of hydrogen-bond donors (Lipinski definition) is 0. The van der Waals surface area contributed by atoms with Gasteiger partial charge in [0.15, 0.2) is 0 Å². The Morgan fingerprint density at radius 3 is 1.06 bits per heavy atom. The first-order valence-corrected chi connectivity index (χ1v) is 11.5. The maximum absolute atomic E-state index is 2.40. The quantitative estimate of drug-likeness (QED) is 0.637. The van der Waals surface area contributed by atoms with Crippen LogP contribution in [0.3, 0.4) is 0 Å². The molecule has 0 saturated carbocycles. The summed E-state index contributed by atoms with van der Waals surface area (Å²) in [5.41, 5.74) is 0. The third-order valence-electron chi connectivity index (χ3n) is 1.92. The first kappa shape index (κ1) is 14.9. The van der Waals surface area contributed by atoms with Gasteiger partial charge >= 0.3 is 122 Å². The Bertz CT molecular complexity index is 290. The summed E-state index contributed by atoms with van der Waals surface area (Å²) < 4.78 is 4.42. The van der Waals surface area contributed by atoms with Gasteiger partial charge in [0.2, 0.25) is 0 Å². The maximum atomic E-state index is 2.40. The van der Waals surface area contributed by atoms with Crippen LogP contribution in [0.2, 0.25) is 6.86 Å². The minimum absolute atomic E-state index is 0.400. The zero-order valence-electron chi connectivity index (χ0n) is 11.3. The zero-order chi connectivity index (χ0) is 12.4. The molecular formula is C14H22Sn2. The molecule has 0 spiro atoms. The Kier molecular flexibility index (Phi) is 5.24. The van der Waals surface area contributed by atoms with Gasteiger partial charge in [0, 0.05) is 0 Å². The average Bonchev–Trinajstić information content (AvgIpc) is 2.03. The van der Waals surface area contributed by atoms with Crippen molar-refractivity contribution in [3.8, 4) is 0 Å². The second-order valence-electron chi connectivity index (χ2n) is 6.33. The van der Waals surface area contributed by atoms with Crippen LogP contribution < -0.4 is 7.16 Å². The Hall–Kier alpha value is 0.817. The van der Waals surface area contributed by atoms with E-state index in [0.29, 0.717) is 6.86 Å². The third kappa shape index (κ3) is 6.53. The summed E-state index contributed by atoms with van der Waals surface area (Å²) in [6.07, 6.45) is 0. The Balaban J connectivity index is 2.69. The molecule has 0 aromatic heterocycles. The molecule has 0 bridgehead atoms. The van der Waals surface area contributed by atoms with E-state index in [1.807, 2.05) is 0 Å². The molecule has 16 heavy (non-hydrogen) atoms. The summed E-state index contributed by atoms with van der Waals surface area (Å²) in [4.78, 5) is 0.